The molecule has 3 aromatic rings. The summed E-state index contributed by atoms with van der Waals surface area (Å²) in [6.07, 6.45) is 0.823. The minimum Gasteiger partial charge on any atom is -0.481 e. The molecule has 3 rings (SSSR count). The van der Waals surface area contributed by atoms with Crippen molar-refractivity contribution in [3.05, 3.63) is 44.0 Å². The van der Waals surface area contributed by atoms with Gasteiger partial charge in [-0.2, -0.15) is 16.3 Å². The van der Waals surface area contributed by atoms with Crippen LogP contribution in [-0.4, -0.2) is 50.1 Å². The Labute approximate surface area is 210 Å². The molecule has 1 amide bonds. The first-order valence-corrected chi connectivity index (χ1v) is 12.3. The van der Waals surface area contributed by atoms with Crippen molar-refractivity contribution >= 4 is 46.2 Å². The van der Waals surface area contributed by atoms with Crippen LogP contribution in [0.25, 0.3) is 11.0 Å². The third-order valence-corrected chi connectivity index (χ3v) is 6.09. The third-order valence-electron chi connectivity index (χ3n) is 5.35. The maximum absolute atomic E-state index is 12.9. The molecule has 0 aliphatic rings. The second-order valence-corrected chi connectivity index (χ2v) is 8.87. The molecule has 0 saturated carbocycles. The van der Waals surface area contributed by atoms with Crippen molar-refractivity contribution in [3.8, 4) is 11.8 Å². The summed E-state index contributed by atoms with van der Waals surface area (Å²) in [6, 6.07) is 0.609. The summed E-state index contributed by atoms with van der Waals surface area (Å²) in [7, 11) is 0. The average molecular weight is 514 g/mol. The number of aliphatic carboxylic acids is 1. The first-order valence-electron chi connectivity index (χ1n) is 11.3. The van der Waals surface area contributed by atoms with E-state index in [-0.39, 0.29) is 30.5 Å². The van der Waals surface area contributed by atoms with Gasteiger partial charge in [0, 0.05) is 34.9 Å². The molecular formula is C24H27N5O6S. The lowest BCUT2D eigenvalue weighted by atomic mass is 10.1. The van der Waals surface area contributed by atoms with Crippen LogP contribution in [0, 0.1) is 11.8 Å². The number of hydrogen-bond donors (Lipinski definition) is 5. The highest BCUT2D eigenvalue weighted by Crippen LogP contribution is 2.16. The van der Waals surface area contributed by atoms with Crippen LogP contribution in [0.4, 0.5) is 5.95 Å². The van der Waals surface area contributed by atoms with Crippen molar-refractivity contribution in [2.75, 3.05) is 5.73 Å². The van der Waals surface area contributed by atoms with Gasteiger partial charge in [0.1, 0.15) is 11.7 Å². The van der Waals surface area contributed by atoms with E-state index in [1.165, 1.54) is 11.3 Å². The van der Waals surface area contributed by atoms with Crippen LogP contribution in [0.5, 0.6) is 0 Å². The fraction of sp³-hybridized carbons (Fsp3) is 0.375. The Morgan fingerprint density at radius 1 is 1.31 bits per heavy atom. The van der Waals surface area contributed by atoms with Crippen LogP contribution in [-0.2, 0) is 20.7 Å². The van der Waals surface area contributed by atoms with E-state index in [1.54, 1.807) is 23.8 Å². The molecule has 6 N–H and O–H groups in total. The number of thiophene rings is 1. The summed E-state index contributed by atoms with van der Waals surface area (Å²) < 4.78 is 5.29. The summed E-state index contributed by atoms with van der Waals surface area (Å²) in [5.41, 5.74) is 7.19. The van der Waals surface area contributed by atoms with E-state index < -0.39 is 23.9 Å². The quantitative estimate of drug-likeness (QED) is 0.202. The molecule has 0 spiro atoms. The van der Waals surface area contributed by atoms with E-state index in [0.29, 0.717) is 41.4 Å². The highest BCUT2D eigenvalue weighted by molar-refractivity contribution is 7.08. The number of aromatic nitrogens is 3. The van der Waals surface area contributed by atoms with Gasteiger partial charge in [-0.1, -0.05) is 18.8 Å². The van der Waals surface area contributed by atoms with E-state index >= 15 is 0 Å². The Hall–Kier alpha value is -4.11. The van der Waals surface area contributed by atoms with E-state index in [2.05, 4.69) is 32.1 Å². The summed E-state index contributed by atoms with van der Waals surface area (Å²) in [4.78, 5) is 57.8. The Balaban J connectivity index is 1.66. The Morgan fingerprint density at radius 3 is 2.81 bits per heavy atom. The van der Waals surface area contributed by atoms with Gasteiger partial charge < -0.3 is 25.9 Å². The molecule has 0 aliphatic heterocycles. The fourth-order valence-corrected chi connectivity index (χ4v) is 4.03. The number of carbonyl (C=O) groups excluding carboxylic acids is 2. The number of nitrogen functional groups attached to an aromatic ring is 1. The molecule has 0 fully saturated rings. The Bertz CT molecular complexity index is 1380. The number of esters is 1. The van der Waals surface area contributed by atoms with Gasteiger partial charge in [0.15, 0.2) is 0 Å². The molecule has 11 nitrogen and oxygen atoms in total. The van der Waals surface area contributed by atoms with Crippen molar-refractivity contribution in [1.82, 2.24) is 20.3 Å². The zero-order valence-corrected chi connectivity index (χ0v) is 20.7. The second-order valence-electron chi connectivity index (χ2n) is 8.12. The number of nitrogens with zero attached hydrogens (tertiary/aromatic N) is 1. The number of rotatable bonds is 10. The highest BCUT2D eigenvalue weighted by atomic mass is 32.1. The average Bonchev–Trinajstić information content (AvgIpc) is 3.46. The molecule has 0 aromatic carbocycles. The largest absolute Gasteiger partial charge is 0.481 e. The van der Waals surface area contributed by atoms with E-state index in [9.17, 15) is 19.2 Å². The number of nitrogens with one attached hydrogen (secondary N) is 3. The van der Waals surface area contributed by atoms with Crippen LogP contribution in [0.2, 0.25) is 0 Å². The molecule has 2 atom stereocenters. The number of nitrogens with two attached hydrogens (primary N) is 1. The molecule has 190 valence electrons. The molecule has 2 unspecified atom stereocenters. The molecule has 3 heterocycles. The van der Waals surface area contributed by atoms with Crippen molar-refractivity contribution in [2.24, 2.45) is 0 Å². The topological polar surface area (TPSA) is 180 Å². The second kappa shape index (κ2) is 12.0. The van der Waals surface area contributed by atoms with Crippen LogP contribution in [0.1, 0.15) is 61.1 Å². The van der Waals surface area contributed by atoms with Crippen molar-refractivity contribution < 1.29 is 24.2 Å². The number of carboxylic acids is 1. The number of aromatic amines is 2. The predicted octanol–water partition coefficient (Wildman–Crippen LogP) is 2.18. The summed E-state index contributed by atoms with van der Waals surface area (Å²) >= 11 is 1.28. The van der Waals surface area contributed by atoms with E-state index in [0.717, 1.165) is 5.69 Å². The highest BCUT2D eigenvalue weighted by Gasteiger charge is 2.26. The lowest BCUT2D eigenvalue weighted by Crippen LogP contribution is -2.43. The number of H-pyrrole nitrogens is 2. The normalized spacial score (nSPS) is 12.4. The molecule has 36 heavy (non-hydrogen) atoms. The number of ether oxygens (including phenoxy) is 1. The minimum absolute atomic E-state index is 0.0299. The molecular weight excluding hydrogens is 486 g/mol. The zero-order valence-electron chi connectivity index (χ0n) is 19.8. The van der Waals surface area contributed by atoms with Crippen molar-refractivity contribution in [2.45, 2.75) is 58.1 Å². The Kier molecular flexibility index (Phi) is 8.86. The molecule has 0 saturated heterocycles. The summed E-state index contributed by atoms with van der Waals surface area (Å²) in [6.45, 7) is 3.57. The van der Waals surface area contributed by atoms with Gasteiger partial charge >= 0.3 is 11.9 Å². The number of hydrogen-bond acceptors (Lipinski definition) is 8. The maximum atomic E-state index is 12.9. The first kappa shape index (κ1) is 26.5. The predicted molar refractivity (Wildman–Crippen MR) is 135 cm³/mol. The van der Waals surface area contributed by atoms with Crippen LogP contribution >= 0.6 is 11.3 Å². The molecule has 0 bridgehead atoms. The van der Waals surface area contributed by atoms with Crippen LogP contribution < -0.4 is 16.6 Å². The number of carbonyl (C=O) groups is 3. The Morgan fingerprint density at radius 2 is 2.08 bits per heavy atom. The van der Waals surface area contributed by atoms with E-state index in [4.69, 9.17) is 15.6 Å². The molecule has 0 aliphatic carbocycles. The third kappa shape index (κ3) is 6.96. The van der Waals surface area contributed by atoms with E-state index in [1.807, 2.05) is 6.92 Å². The summed E-state index contributed by atoms with van der Waals surface area (Å²) in [5.74, 6) is 3.72. The van der Waals surface area contributed by atoms with Crippen molar-refractivity contribution in [3.63, 3.8) is 0 Å². The monoisotopic (exact) mass is 513 g/mol. The fourth-order valence-electron chi connectivity index (χ4n) is 3.27. The minimum atomic E-state index is -1.09. The van der Waals surface area contributed by atoms with Gasteiger partial charge in [-0.15, -0.1) is 0 Å². The van der Waals surface area contributed by atoms with Crippen molar-refractivity contribution in [1.29, 1.82) is 0 Å². The number of carboxylic acid groups (broad SMARTS) is 1. The van der Waals surface area contributed by atoms with Crippen LogP contribution in [0.15, 0.2) is 21.6 Å². The smallest absolute Gasteiger partial charge is 0.328 e. The van der Waals surface area contributed by atoms with Gasteiger partial charge in [0.05, 0.1) is 17.1 Å². The lowest BCUT2D eigenvalue weighted by Gasteiger charge is -2.19. The van der Waals surface area contributed by atoms with Crippen LogP contribution in [0.3, 0.4) is 0 Å². The molecule has 3 aromatic heterocycles. The van der Waals surface area contributed by atoms with Gasteiger partial charge in [-0.25, -0.2) is 4.79 Å². The van der Waals surface area contributed by atoms with Gasteiger partial charge in [0.2, 0.25) is 5.95 Å². The number of aryl methyl sites for hydroxylation is 1. The molecule has 12 heteroatoms. The number of anilines is 1. The summed E-state index contributed by atoms with van der Waals surface area (Å²) in [5, 5.41) is 15.3. The number of amides is 1. The lowest BCUT2D eigenvalue weighted by molar-refractivity contribution is -0.151. The SMILES string of the molecule is CCC(C)OC(=O)C(CCC(=O)O)NC(=O)c1cscc1C#CCCc1cc2c(=O)[nH]c(N)nc2[nH]1. The first-order chi connectivity index (χ1) is 17.2. The zero-order chi connectivity index (χ0) is 26.2. The van der Waals surface area contributed by atoms with Gasteiger partial charge in [0.25, 0.3) is 11.5 Å². The standard InChI is InChI=1S/C24H27N5O6S/c1-3-13(2)35-23(34)18(8-9-19(30)31)27-22(33)17-12-36-11-14(17)6-4-5-7-15-10-16-20(26-15)28-24(25)29-21(16)32/h10-13,18H,3,5,7-9H2,1-2H3,(H,27,33)(H,30,31)(H4,25,26,28,29,32). The van der Waals surface area contributed by atoms with Gasteiger partial charge in [-0.3, -0.25) is 19.4 Å². The maximum Gasteiger partial charge on any atom is 0.328 e. The number of fused-ring (bicyclic) bond motifs is 1. The molecule has 0 radical (unpaired) electrons. The van der Waals surface area contributed by atoms with Gasteiger partial charge in [-0.05, 0) is 32.3 Å².